The molecular formula is C7H16N2O. The topological polar surface area (TPSA) is 24.8 Å². The predicted octanol–water partition coefficient (Wildman–Crippen LogP) is 1.31. The fraction of sp³-hybridized carbons (Fsp3) is 0.857. The van der Waals surface area contributed by atoms with Gasteiger partial charge in [-0.3, -0.25) is 0 Å². The number of oxime groups is 1. The van der Waals surface area contributed by atoms with Crippen LogP contribution >= 0.6 is 0 Å². The summed E-state index contributed by atoms with van der Waals surface area (Å²) in [5.41, 5.74) is 0. The van der Waals surface area contributed by atoms with Gasteiger partial charge in [0.15, 0.2) is 0 Å². The molecule has 1 aliphatic heterocycles. The third-order valence-corrected chi connectivity index (χ3v) is 1.27. The van der Waals surface area contributed by atoms with Crippen molar-refractivity contribution < 1.29 is 4.84 Å². The Morgan fingerprint density at radius 2 is 2.10 bits per heavy atom. The molecule has 0 radical (unpaired) electrons. The van der Waals surface area contributed by atoms with Crippen molar-refractivity contribution in [2.75, 3.05) is 20.2 Å². The molecule has 1 rings (SSSR count). The van der Waals surface area contributed by atoms with Gasteiger partial charge in [0.25, 0.3) is 0 Å². The molecule has 0 spiro atoms. The zero-order valence-electron chi connectivity index (χ0n) is 7.22. The number of amidine groups is 1. The van der Waals surface area contributed by atoms with E-state index in [2.05, 4.69) is 10.1 Å². The molecule has 0 N–H and O–H groups in total. The van der Waals surface area contributed by atoms with Crippen LogP contribution in [0.3, 0.4) is 0 Å². The first kappa shape index (κ1) is 9.27. The van der Waals surface area contributed by atoms with Crippen molar-refractivity contribution in [1.82, 2.24) is 4.90 Å². The molecule has 1 aliphatic rings. The van der Waals surface area contributed by atoms with Crippen LogP contribution in [-0.4, -0.2) is 30.9 Å². The third-order valence-electron chi connectivity index (χ3n) is 1.27. The molecule has 0 aliphatic carbocycles. The summed E-state index contributed by atoms with van der Waals surface area (Å²) in [5.74, 6) is 0.955. The number of hydrogen-bond acceptors (Lipinski definition) is 3. The Hall–Kier alpha value is -0.730. The Kier molecular flexibility index (Phi) is 4.72. The average Bonchev–Trinajstić information content (AvgIpc) is 2.00. The van der Waals surface area contributed by atoms with Gasteiger partial charge in [-0.15, -0.1) is 0 Å². The maximum absolute atomic E-state index is 4.80. The van der Waals surface area contributed by atoms with Gasteiger partial charge in [0.1, 0.15) is 12.4 Å². The number of rotatable bonds is 0. The molecule has 0 aromatic carbocycles. The molecule has 0 fully saturated rings. The van der Waals surface area contributed by atoms with E-state index >= 15 is 0 Å². The molecular weight excluding hydrogens is 128 g/mol. The van der Waals surface area contributed by atoms with E-state index in [1.807, 2.05) is 27.8 Å². The zero-order valence-corrected chi connectivity index (χ0v) is 7.22. The summed E-state index contributed by atoms with van der Waals surface area (Å²) in [7, 11) is 2.00. The minimum atomic E-state index is 0.716. The molecule has 0 unspecified atom stereocenters. The molecule has 0 aromatic rings. The van der Waals surface area contributed by atoms with E-state index in [0.717, 1.165) is 12.4 Å². The van der Waals surface area contributed by atoms with Crippen molar-refractivity contribution in [3.63, 3.8) is 0 Å². The highest BCUT2D eigenvalue weighted by atomic mass is 16.6. The van der Waals surface area contributed by atoms with Crippen LogP contribution in [0, 0.1) is 0 Å². The molecule has 3 heteroatoms. The Balaban J connectivity index is 0.000000371. The van der Waals surface area contributed by atoms with E-state index < -0.39 is 0 Å². The fourth-order valence-corrected chi connectivity index (χ4v) is 0.548. The zero-order chi connectivity index (χ0) is 7.98. The van der Waals surface area contributed by atoms with Crippen LogP contribution in [0.15, 0.2) is 5.16 Å². The maximum atomic E-state index is 4.80. The van der Waals surface area contributed by atoms with E-state index in [1.165, 1.54) is 0 Å². The lowest BCUT2D eigenvalue weighted by atomic mass is 10.5. The first-order valence-corrected chi connectivity index (χ1v) is 3.68. The monoisotopic (exact) mass is 144 g/mol. The maximum Gasteiger partial charge on any atom is 0.141 e. The van der Waals surface area contributed by atoms with Gasteiger partial charge in [-0.25, -0.2) is 0 Å². The van der Waals surface area contributed by atoms with E-state index in [-0.39, 0.29) is 0 Å². The Morgan fingerprint density at radius 1 is 1.50 bits per heavy atom. The van der Waals surface area contributed by atoms with Gasteiger partial charge in [0, 0.05) is 7.05 Å². The predicted molar refractivity (Wildman–Crippen MR) is 43.0 cm³/mol. The quantitative estimate of drug-likeness (QED) is 0.512. The van der Waals surface area contributed by atoms with E-state index in [1.54, 1.807) is 0 Å². The molecule has 0 bridgehead atoms. The van der Waals surface area contributed by atoms with Crippen molar-refractivity contribution in [2.24, 2.45) is 5.16 Å². The SMILES string of the molecule is CC.CC1=NOCCN1C. The Bertz CT molecular complexity index is 112. The molecule has 60 valence electrons. The van der Waals surface area contributed by atoms with Crippen LogP contribution in [0.1, 0.15) is 20.8 Å². The Labute approximate surface area is 62.7 Å². The summed E-state index contributed by atoms with van der Waals surface area (Å²) in [6, 6.07) is 0. The van der Waals surface area contributed by atoms with Gasteiger partial charge in [0.2, 0.25) is 0 Å². The summed E-state index contributed by atoms with van der Waals surface area (Å²) in [4.78, 5) is 6.86. The second-order valence-electron chi connectivity index (χ2n) is 1.89. The first-order chi connectivity index (χ1) is 4.80. The van der Waals surface area contributed by atoms with Crippen molar-refractivity contribution in [3.8, 4) is 0 Å². The smallest absolute Gasteiger partial charge is 0.141 e. The molecule has 1 heterocycles. The van der Waals surface area contributed by atoms with E-state index in [9.17, 15) is 0 Å². The van der Waals surface area contributed by atoms with Crippen molar-refractivity contribution in [1.29, 1.82) is 0 Å². The van der Waals surface area contributed by atoms with Gasteiger partial charge in [-0.1, -0.05) is 19.0 Å². The van der Waals surface area contributed by atoms with Gasteiger partial charge in [-0.05, 0) is 6.92 Å². The van der Waals surface area contributed by atoms with Gasteiger partial charge in [-0.2, -0.15) is 0 Å². The van der Waals surface area contributed by atoms with Crippen molar-refractivity contribution in [3.05, 3.63) is 0 Å². The highest BCUT2D eigenvalue weighted by molar-refractivity contribution is 5.79. The fourth-order valence-electron chi connectivity index (χ4n) is 0.548. The lowest BCUT2D eigenvalue weighted by molar-refractivity contribution is 0.108. The second kappa shape index (κ2) is 5.09. The van der Waals surface area contributed by atoms with Crippen LogP contribution in [0.25, 0.3) is 0 Å². The van der Waals surface area contributed by atoms with Crippen LogP contribution in [0.5, 0.6) is 0 Å². The normalized spacial score (nSPS) is 16.4. The standard InChI is InChI=1S/C5H10N2O.C2H6/c1-5-6-8-4-3-7(5)2;1-2/h3-4H2,1-2H3;1-2H3. The first-order valence-electron chi connectivity index (χ1n) is 3.68. The number of nitrogens with zero attached hydrogens (tertiary/aromatic N) is 2. The summed E-state index contributed by atoms with van der Waals surface area (Å²) in [6.45, 7) is 7.60. The highest BCUT2D eigenvalue weighted by Crippen LogP contribution is 1.94. The van der Waals surface area contributed by atoms with Gasteiger partial charge in [0.05, 0.1) is 6.54 Å². The van der Waals surface area contributed by atoms with Crippen molar-refractivity contribution in [2.45, 2.75) is 20.8 Å². The summed E-state index contributed by atoms with van der Waals surface area (Å²) in [5, 5.41) is 3.75. The van der Waals surface area contributed by atoms with Gasteiger partial charge >= 0.3 is 0 Å². The molecule has 0 aromatic heterocycles. The van der Waals surface area contributed by atoms with Crippen molar-refractivity contribution >= 4 is 5.84 Å². The summed E-state index contributed by atoms with van der Waals surface area (Å²) in [6.07, 6.45) is 0. The molecule has 0 saturated carbocycles. The van der Waals surface area contributed by atoms with E-state index in [0.29, 0.717) is 6.61 Å². The molecule has 0 atom stereocenters. The molecule has 3 nitrogen and oxygen atoms in total. The minimum absolute atomic E-state index is 0.716. The van der Waals surface area contributed by atoms with Crippen LogP contribution < -0.4 is 0 Å². The molecule has 10 heavy (non-hydrogen) atoms. The molecule has 0 amide bonds. The minimum Gasteiger partial charge on any atom is -0.393 e. The number of hydrogen-bond donors (Lipinski definition) is 0. The largest absolute Gasteiger partial charge is 0.393 e. The van der Waals surface area contributed by atoms with Crippen LogP contribution in [-0.2, 0) is 4.84 Å². The summed E-state index contributed by atoms with van der Waals surface area (Å²) < 4.78 is 0. The molecule has 0 saturated heterocycles. The van der Waals surface area contributed by atoms with Crippen LogP contribution in [0.4, 0.5) is 0 Å². The number of likely N-dealkylation sites (N-methyl/N-ethyl adjacent to an activating group) is 1. The second-order valence-corrected chi connectivity index (χ2v) is 1.89. The van der Waals surface area contributed by atoms with Gasteiger partial charge < -0.3 is 9.74 Å². The highest BCUT2D eigenvalue weighted by Gasteiger charge is 2.04. The van der Waals surface area contributed by atoms with Crippen LogP contribution in [0.2, 0.25) is 0 Å². The lowest BCUT2D eigenvalue weighted by Gasteiger charge is -2.20. The average molecular weight is 144 g/mol. The third kappa shape index (κ3) is 2.71. The summed E-state index contributed by atoms with van der Waals surface area (Å²) >= 11 is 0. The van der Waals surface area contributed by atoms with E-state index in [4.69, 9.17) is 4.84 Å². The lowest BCUT2D eigenvalue weighted by Crippen LogP contribution is -2.31. The Morgan fingerprint density at radius 3 is 2.40 bits per heavy atom.